The van der Waals surface area contributed by atoms with Crippen molar-refractivity contribution in [1.29, 1.82) is 0 Å². The van der Waals surface area contributed by atoms with Crippen molar-refractivity contribution in [1.82, 2.24) is 9.97 Å². The number of ether oxygens (including phenoxy) is 4. The van der Waals surface area contributed by atoms with Crippen LogP contribution >= 0.6 is 0 Å². The van der Waals surface area contributed by atoms with Crippen molar-refractivity contribution < 1.29 is 23.7 Å². The van der Waals surface area contributed by atoms with E-state index in [9.17, 15) is 4.79 Å². The molecule has 0 saturated heterocycles. The molecule has 0 fully saturated rings. The number of carbonyl (C=O) groups is 1. The Morgan fingerprint density at radius 1 is 1.15 bits per heavy atom. The molecule has 34 heavy (non-hydrogen) atoms. The maximum absolute atomic E-state index is 11.7. The molecule has 1 N–H and O–H groups in total. The molecule has 1 aliphatic heterocycles. The average molecular weight is 464 g/mol. The van der Waals surface area contributed by atoms with Crippen molar-refractivity contribution in [3.05, 3.63) is 58.8 Å². The molecule has 178 valence electrons. The number of aromatic nitrogens is 2. The van der Waals surface area contributed by atoms with Gasteiger partial charge in [-0.1, -0.05) is 18.2 Å². The average Bonchev–Trinajstić information content (AvgIpc) is 3.25. The second-order valence-corrected chi connectivity index (χ2v) is 8.22. The summed E-state index contributed by atoms with van der Waals surface area (Å²) in [7, 11) is 4.52. The van der Waals surface area contributed by atoms with Gasteiger partial charge < -0.3 is 24.3 Å². The van der Waals surface area contributed by atoms with Gasteiger partial charge in [-0.3, -0.25) is 4.79 Å². The van der Waals surface area contributed by atoms with Crippen molar-refractivity contribution >= 4 is 11.7 Å². The van der Waals surface area contributed by atoms with E-state index in [0.717, 1.165) is 44.8 Å². The van der Waals surface area contributed by atoms with E-state index in [1.807, 2.05) is 18.2 Å². The largest absolute Gasteiger partial charge is 0.493 e. The lowest BCUT2D eigenvalue weighted by Crippen LogP contribution is -2.09. The van der Waals surface area contributed by atoms with E-state index < -0.39 is 0 Å². The zero-order valence-corrected chi connectivity index (χ0v) is 20.1. The van der Waals surface area contributed by atoms with E-state index in [1.54, 1.807) is 13.3 Å². The Morgan fingerprint density at radius 2 is 1.97 bits per heavy atom. The molecule has 2 heterocycles. The number of nitrogens with one attached hydrogen (secondary N) is 1. The van der Waals surface area contributed by atoms with Crippen LogP contribution in [0.3, 0.4) is 0 Å². The van der Waals surface area contributed by atoms with E-state index in [0.29, 0.717) is 25.5 Å². The quantitative estimate of drug-likeness (QED) is 0.491. The number of esters is 1. The number of anilines is 1. The summed E-state index contributed by atoms with van der Waals surface area (Å²) >= 11 is 0. The lowest BCUT2D eigenvalue weighted by molar-refractivity contribution is -0.141. The first-order chi connectivity index (χ1) is 16.4. The molecule has 0 aliphatic carbocycles. The monoisotopic (exact) mass is 463 g/mol. The summed E-state index contributed by atoms with van der Waals surface area (Å²) in [6, 6.07) is 10.5. The van der Waals surface area contributed by atoms with Crippen molar-refractivity contribution in [2.75, 3.05) is 33.3 Å². The highest BCUT2D eigenvalue weighted by Crippen LogP contribution is 2.38. The Bertz CT molecular complexity index is 1210. The summed E-state index contributed by atoms with van der Waals surface area (Å²) in [5, 5.41) is 3.49. The molecule has 8 heteroatoms. The second-order valence-electron chi connectivity index (χ2n) is 8.22. The van der Waals surface area contributed by atoms with E-state index in [2.05, 4.69) is 41.3 Å². The molecule has 3 aromatic rings. The third kappa shape index (κ3) is 4.62. The molecular weight excluding hydrogens is 434 g/mol. The van der Waals surface area contributed by atoms with Crippen molar-refractivity contribution in [3.63, 3.8) is 0 Å². The highest BCUT2D eigenvalue weighted by Gasteiger charge is 2.27. The number of hydrogen-bond acceptors (Lipinski definition) is 8. The molecule has 4 rings (SSSR count). The van der Waals surface area contributed by atoms with E-state index >= 15 is 0 Å². The number of hydrogen-bond donors (Lipinski definition) is 1. The van der Waals surface area contributed by atoms with Crippen LogP contribution in [-0.2, 0) is 16.1 Å². The van der Waals surface area contributed by atoms with Crippen LogP contribution in [-0.4, -0.2) is 43.9 Å². The molecule has 0 saturated carbocycles. The summed E-state index contributed by atoms with van der Waals surface area (Å²) in [6.45, 7) is 5.26. The van der Waals surface area contributed by atoms with Crippen molar-refractivity contribution in [2.45, 2.75) is 32.7 Å². The minimum Gasteiger partial charge on any atom is -0.493 e. The van der Waals surface area contributed by atoms with E-state index in [4.69, 9.17) is 18.9 Å². The SMILES string of the molecule is COC(=O)C[C@@H]1COc2cc(NCc3ccc(C)c(-c4cnc(OC)nc4OC)c3C)ccc21. The topological polar surface area (TPSA) is 91.8 Å². The zero-order chi connectivity index (χ0) is 24.2. The molecule has 0 bridgehead atoms. The van der Waals surface area contributed by atoms with Gasteiger partial charge >= 0.3 is 12.0 Å². The maximum Gasteiger partial charge on any atom is 0.319 e. The van der Waals surface area contributed by atoms with Gasteiger partial charge in [-0.25, -0.2) is 4.98 Å². The minimum atomic E-state index is -0.229. The number of nitrogens with zero attached hydrogens (tertiary/aromatic N) is 2. The number of carbonyl (C=O) groups excluding carboxylic acids is 1. The zero-order valence-electron chi connectivity index (χ0n) is 20.1. The minimum absolute atomic E-state index is 0.0279. The lowest BCUT2D eigenvalue weighted by Gasteiger charge is -2.17. The number of fused-ring (bicyclic) bond motifs is 1. The van der Waals surface area contributed by atoms with Crippen molar-refractivity contribution in [2.24, 2.45) is 0 Å². The number of aryl methyl sites for hydroxylation is 1. The summed E-state index contributed by atoms with van der Waals surface area (Å²) in [6.07, 6.45) is 2.06. The fourth-order valence-electron chi connectivity index (χ4n) is 4.31. The highest BCUT2D eigenvalue weighted by molar-refractivity contribution is 5.75. The Morgan fingerprint density at radius 3 is 2.71 bits per heavy atom. The van der Waals surface area contributed by atoms with Gasteiger partial charge in [-0.15, -0.1) is 0 Å². The summed E-state index contributed by atoms with van der Waals surface area (Å²) in [4.78, 5) is 20.3. The van der Waals surface area contributed by atoms with Crippen LogP contribution in [0.5, 0.6) is 17.6 Å². The van der Waals surface area contributed by atoms with Crippen LogP contribution in [0, 0.1) is 13.8 Å². The van der Waals surface area contributed by atoms with E-state index in [-0.39, 0.29) is 17.9 Å². The molecule has 1 aliphatic rings. The van der Waals surface area contributed by atoms with Crippen LogP contribution in [0.25, 0.3) is 11.1 Å². The Labute approximate surface area is 199 Å². The standard InChI is InChI=1S/C26H29N3O5/c1-15-6-7-17(16(2)24(15)21-13-28-26(33-5)29-25(21)32-4)12-27-19-8-9-20-18(10-23(30)31-3)14-34-22(20)11-19/h6-9,11,13,18,27H,10,12,14H2,1-5H3/t18-/m1/s1. The summed E-state index contributed by atoms with van der Waals surface area (Å²) < 4.78 is 21.3. The summed E-state index contributed by atoms with van der Waals surface area (Å²) in [5.41, 5.74) is 7.22. The number of benzene rings is 2. The molecule has 8 nitrogen and oxygen atoms in total. The Kier molecular flexibility index (Phi) is 6.86. The van der Waals surface area contributed by atoms with Gasteiger partial charge in [0.25, 0.3) is 0 Å². The van der Waals surface area contributed by atoms with Crippen LogP contribution in [0.4, 0.5) is 5.69 Å². The third-order valence-corrected chi connectivity index (χ3v) is 6.18. The van der Waals surface area contributed by atoms with Crippen LogP contribution in [0.2, 0.25) is 0 Å². The van der Waals surface area contributed by atoms with Gasteiger partial charge in [0, 0.05) is 36.0 Å². The van der Waals surface area contributed by atoms with Crippen molar-refractivity contribution in [3.8, 4) is 28.8 Å². The van der Waals surface area contributed by atoms with Gasteiger partial charge in [-0.05, 0) is 42.2 Å². The molecule has 0 amide bonds. The van der Waals surface area contributed by atoms with Gasteiger partial charge in [0.2, 0.25) is 5.88 Å². The third-order valence-electron chi connectivity index (χ3n) is 6.18. The van der Waals surface area contributed by atoms with Gasteiger partial charge in [-0.2, -0.15) is 4.98 Å². The first-order valence-electron chi connectivity index (χ1n) is 11.1. The van der Waals surface area contributed by atoms with Gasteiger partial charge in [0.15, 0.2) is 0 Å². The van der Waals surface area contributed by atoms with Crippen LogP contribution in [0.15, 0.2) is 36.5 Å². The smallest absolute Gasteiger partial charge is 0.319 e. The highest BCUT2D eigenvalue weighted by atomic mass is 16.5. The Balaban J connectivity index is 1.55. The molecule has 0 unspecified atom stereocenters. The van der Waals surface area contributed by atoms with E-state index in [1.165, 1.54) is 14.2 Å². The number of methoxy groups -OCH3 is 3. The molecule has 1 aromatic heterocycles. The number of rotatable bonds is 8. The fraction of sp³-hybridized carbons (Fsp3) is 0.346. The maximum atomic E-state index is 11.7. The van der Waals surface area contributed by atoms with Crippen LogP contribution < -0.4 is 19.5 Å². The predicted molar refractivity (Wildman–Crippen MR) is 129 cm³/mol. The normalized spacial score (nSPS) is 14.2. The fourth-order valence-corrected chi connectivity index (χ4v) is 4.31. The molecule has 0 radical (unpaired) electrons. The molecule has 2 aromatic carbocycles. The summed E-state index contributed by atoms with van der Waals surface area (Å²) in [5.74, 6) is 1.08. The first kappa shape index (κ1) is 23.4. The molecule has 1 atom stereocenters. The van der Waals surface area contributed by atoms with Gasteiger partial charge in [0.05, 0.1) is 39.9 Å². The van der Waals surface area contributed by atoms with Crippen LogP contribution in [0.1, 0.15) is 34.6 Å². The second kappa shape index (κ2) is 9.99. The molecular formula is C26H29N3O5. The molecule has 0 spiro atoms. The Hall–Kier alpha value is -3.81. The first-order valence-corrected chi connectivity index (χ1v) is 11.1. The van der Waals surface area contributed by atoms with Gasteiger partial charge in [0.1, 0.15) is 5.75 Å². The lowest BCUT2D eigenvalue weighted by atomic mass is 9.93. The predicted octanol–water partition coefficient (Wildman–Crippen LogP) is 4.43.